The zero-order valence-electron chi connectivity index (χ0n) is 11.7. The first-order valence-electron chi connectivity index (χ1n) is 7.71. The molecule has 0 radical (unpaired) electrons. The van der Waals surface area contributed by atoms with Crippen molar-refractivity contribution in [2.45, 2.75) is 62.7 Å². The first-order valence-corrected chi connectivity index (χ1v) is 8.63. The van der Waals surface area contributed by atoms with Crippen LogP contribution in [0.25, 0.3) is 0 Å². The number of ether oxygens (including phenoxy) is 1. The molecule has 2 nitrogen and oxygen atoms in total. The lowest BCUT2D eigenvalue weighted by Gasteiger charge is -2.35. The van der Waals surface area contributed by atoms with Crippen molar-refractivity contribution in [3.8, 4) is 0 Å². The second-order valence-corrected chi connectivity index (χ2v) is 7.63. The summed E-state index contributed by atoms with van der Waals surface area (Å²) in [5.74, 6) is 0.880. The topological polar surface area (TPSA) is 12.5 Å². The summed E-state index contributed by atoms with van der Waals surface area (Å²) >= 11 is 3.74. The van der Waals surface area contributed by atoms with Crippen LogP contribution in [-0.2, 0) is 4.74 Å². The predicted octanol–water partition coefficient (Wildman–Crippen LogP) is 3.83. The average Bonchev–Trinajstić information content (AvgIpc) is 2.56. The van der Waals surface area contributed by atoms with Crippen LogP contribution in [0.2, 0.25) is 0 Å². The van der Waals surface area contributed by atoms with Crippen LogP contribution >= 0.6 is 15.9 Å². The molecule has 2 rings (SSSR count). The van der Waals surface area contributed by atoms with Crippen molar-refractivity contribution < 1.29 is 4.74 Å². The molecular weight excluding hydrogens is 290 g/mol. The third-order valence-electron chi connectivity index (χ3n) is 4.43. The molecule has 0 aromatic rings. The molecule has 3 heteroatoms. The zero-order chi connectivity index (χ0) is 12.8. The van der Waals surface area contributed by atoms with E-state index in [1.807, 2.05) is 0 Å². The van der Waals surface area contributed by atoms with E-state index < -0.39 is 0 Å². The lowest BCUT2D eigenvalue weighted by molar-refractivity contribution is 0.0448. The Morgan fingerprint density at radius 2 is 1.94 bits per heavy atom. The summed E-state index contributed by atoms with van der Waals surface area (Å²) in [7, 11) is 0. The summed E-state index contributed by atoms with van der Waals surface area (Å²) in [5, 5.41) is 0. The van der Waals surface area contributed by atoms with Gasteiger partial charge in [0.25, 0.3) is 0 Å². The first kappa shape index (κ1) is 14.8. The molecule has 2 aliphatic rings. The van der Waals surface area contributed by atoms with Crippen molar-refractivity contribution in [1.82, 2.24) is 4.90 Å². The molecule has 0 aromatic heterocycles. The maximum atomic E-state index is 5.48. The average molecular weight is 318 g/mol. The van der Waals surface area contributed by atoms with Crippen LogP contribution in [-0.4, -0.2) is 42.1 Å². The van der Waals surface area contributed by atoms with Gasteiger partial charge in [-0.05, 0) is 44.6 Å². The van der Waals surface area contributed by atoms with Crippen LogP contribution in [0.5, 0.6) is 0 Å². The second-order valence-electron chi connectivity index (χ2n) is 6.07. The van der Waals surface area contributed by atoms with Crippen molar-refractivity contribution in [3.63, 3.8) is 0 Å². The monoisotopic (exact) mass is 317 g/mol. The number of hydrogen-bond donors (Lipinski definition) is 0. The molecule has 0 spiro atoms. The number of alkyl halides is 1. The quantitative estimate of drug-likeness (QED) is 0.731. The number of halogens is 1. The molecule has 2 saturated heterocycles. The minimum atomic E-state index is 0.651. The van der Waals surface area contributed by atoms with E-state index >= 15 is 0 Å². The van der Waals surface area contributed by atoms with Gasteiger partial charge in [-0.1, -0.05) is 35.7 Å². The fraction of sp³-hybridized carbons (Fsp3) is 1.00. The molecular formula is C15H28BrNO. The Kier molecular flexibility index (Phi) is 6.46. The van der Waals surface area contributed by atoms with Gasteiger partial charge in [0.05, 0.1) is 0 Å². The Hall–Kier alpha value is 0.400. The van der Waals surface area contributed by atoms with Gasteiger partial charge in [-0.25, -0.2) is 0 Å². The highest BCUT2D eigenvalue weighted by molar-refractivity contribution is 9.09. The number of likely N-dealkylation sites (tertiary alicyclic amines) is 1. The maximum Gasteiger partial charge on any atom is 0.0469 e. The molecule has 0 amide bonds. The summed E-state index contributed by atoms with van der Waals surface area (Å²) in [4.78, 5) is 3.44. The van der Waals surface area contributed by atoms with Gasteiger partial charge >= 0.3 is 0 Å². The van der Waals surface area contributed by atoms with Crippen molar-refractivity contribution >= 4 is 15.9 Å². The largest absolute Gasteiger partial charge is 0.381 e. The third-order valence-corrected chi connectivity index (χ3v) is 4.80. The van der Waals surface area contributed by atoms with Gasteiger partial charge < -0.3 is 9.64 Å². The van der Waals surface area contributed by atoms with Crippen LogP contribution in [0, 0.1) is 5.92 Å². The molecule has 2 fully saturated rings. The zero-order valence-corrected chi connectivity index (χ0v) is 13.3. The standard InChI is InChI=1S/C15H28BrNO/c1-13(16)11-15-5-3-2-4-8-17(15)12-14-6-9-18-10-7-14/h13-15H,2-12H2,1H3. The lowest BCUT2D eigenvalue weighted by atomic mass is 9.97. The van der Waals surface area contributed by atoms with E-state index in [4.69, 9.17) is 4.74 Å². The van der Waals surface area contributed by atoms with Crippen LogP contribution in [0.4, 0.5) is 0 Å². The predicted molar refractivity (Wildman–Crippen MR) is 80.4 cm³/mol. The fourth-order valence-corrected chi connectivity index (χ4v) is 3.81. The number of rotatable bonds is 4. The molecule has 2 atom stereocenters. The van der Waals surface area contributed by atoms with Crippen LogP contribution in [0.3, 0.4) is 0 Å². The van der Waals surface area contributed by atoms with Gasteiger partial charge in [-0.15, -0.1) is 0 Å². The normalized spacial score (nSPS) is 30.0. The van der Waals surface area contributed by atoms with E-state index in [1.54, 1.807) is 0 Å². The molecule has 0 aromatic carbocycles. The highest BCUT2D eigenvalue weighted by atomic mass is 79.9. The Bertz CT molecular complexity index is 229. The Labute approximate surface area is 121 Å². The van der Waals surface area contributed by atoms with Crippen molar-refractivity contribution in [2.75, 3.05) is 26.3 Å². The van der Waals surface area contributed by atoms with Crippen molar-refractivity contribution in [2.24, 2.45) is 5.92 Å². The van der Waals surface area contributed by atoms with Gasteiger partial charge in [0.2, 0.25) is 0 Å². The summed E-state index contributed by atoms with van der Waals surface area (Å²) < 4.78 is 5.48. The van der Waals surface area contributed by atoms with Crippen LogP contribution in [0.1, 0.15) is 51.9 Å². The maximum absolute atomic E-state index is 5.48. The van der Waals surface area contributed by atoms with E-state index in [1.165, 1.54) is 58.0 Å². The molecule has 2 aliphatic heterocycles. The van der Waals surface area contributed by atoms with Crippen molar-refractivity contribution in [1.29, 1.82) is 0 Å². The van der Waals surface area contributed by atoms with Gasteiger partial charge in [0, 0.05) is 30.6 Å². The summed E-state index contributed by atoms with van der Waals surface area (Å²) in [6.45, 7) is 6.89. The van der Waals surface area contributed by atoms with Crippen LogP contribution < -0.4 is 0 Å². The smallest absolute Gasteiger partial charge is 0.0469 e. The van der Waals surface area contributed by atoms with Crippen molar-refractivity contribution in [3.05, 3.63) is 0 Å². The summed E-state index contributed by atoms with van der Waals surface area (Å²) in [6, 6.07) is 0.810. The fourth-order valence-electron chi connectivity index (χ4n) is 3.38. The van der Waals surface area contributed by atoms with E-state index in [-0.39, 0.29) is 0 Å². The minimum absolute atomic E-state index is 0.651. The Balaban J connectivity index is 1.87. The van der Waals surface area contributed by atoms with E-state index in [9.17, 15) is 0 Å². The van der Waals surface area contributed by atoms with Gasteiger partial charge in [0.1, 0.15) is 0 Å². The molecule has 0 saturated carbocycles. The molecule has 18 heavy (non-hydrogen) atoms. The summed E-state index contributed by atoms with van der Waals surface area (Å²) in [6.07, 6.45) is 9.51. The van der Waals surface area contributed by atoms with Gasteiger partial charge in [-0.3, -0.25) is 0 Å². The highest BCUT2D eigenvalue weighted by Crippen LogP contribution is 2.25. The second kappa shape index (κ2) is 7.86. The highest BCUT2D eigenvalue weighted by Gasteiger charge is 2.25. The van der Waals surface area contributed by atoms with Crippen LogP contribution in [0.15, 0.2) is 0 Å². The number of hydrogen-bond acceptors (Lipinski definition) is 2. The van der Waals surface area contributed by atoms with Gasteiger partial charge in [-0.2, -0.15) is 0 Å². The van der Waals surface area contributed by atoms with E-state index in [2.05, 4.69) is 27.8 Å². The third kappa shape index (κ3) is 4.82. The molecule has 2 unspecified atom stereocenters. The van der Waals surface area contributed by atoms with E-state index in [0.29, 0.717) is 4.83 Å². The lowest BCUT2D eigenvalue weighted by Crippen LogP contribution is -2.40. The summed E-state index contributed by atoms with van der Waals surface area (Å²) in [5.41, 5.74) is 0. The van der Waals surface area contributed by atoms with Gasteiger partial charge in [0.15, 0.2) is 0 Å². The SMILES string of the molecule is CC(Br)CC1CCCCCN1CC1CCOCC1. The Morgan fingerprint density at radius 1 is 1.17 bits per heavy atom. The molecule has 0 aliphatic carbocycles. The molecule has 0 bridgehead atoms. The van der Waals surface area contributed by atoms with E-state index in [0.717, 1.165) is 25.2 Å². The molecule has 2 heterocycles. The molecule has 106 valence electrons. The molecule has 0 N–H and O–H groups in total. The number of nitrogens with zero attached hydrogens (tertiary/aromatic N) is 1. The minimum Gasteiger partial charge on any atom is -0.381 e. The Morgan fingerprint density at radius 3 is 2.67 bits per heavy atom. The first-order chi connectivity index (χ1) is 8.75.